The monoisotopic (exact) mass is 244 g/mol. The molecule has 0 saturated heterocycles. The Labute approximate surface area is 106 Å². The van der Waals surface area contributed by atoms with Gasteiger partial charge in [-0.25, -0.2) is 0 Å². The minimum atomic E-state index is 0.223. The van der Waals surface area contributed by atoms with Gasteiger partial charge in [0.2, 0.25) is 0 Å². The summed E-state index contributed by atoms with van der Waals surface area (Å²) in [6, 6.07) is 9.59. The number of nitriles is 1. The van der Waals surface area contributed by atoms with Crippen molar-refractivity contribution >= 4 is 5.71 Å². The van der Waals surface area contributed by atoms with E-state index >= 15 is 0 Å². The fourth-order valence-electron chi connectivity index (χ4n) is 2.14. The summed E-state index contributed by atoms with van der Waals surface area (Å²) in [6.07, 6.45) is 3.63. The van der Waals surface area contributed by atoms with Gasteiger partial charge in [-0.05, 0) is 43.4 Å². The molecule has 1 N–H and O–H groups in total. The van der Waals surface area contributed by atoms with Crippen LogP contribution in [-0.4, -0.2) is 17.0 Å². The van der Waals surface area contributed by atoms with Gasteiger partial charge in [-0.2, -0.15) is 5.26 Å². The van der Waals surface area contributed by atoms with Crippen molar-refractivity contribution in [3.8, 4) is 6.07 Å². The molecule has 1 aromatic carbocycles. The normalized spacial score (nSPS) is 19.3. The summed E-state index contributed by atoms with van der Waals surface area (Å²) in [5.41, 5.74) is 2.55. The van der Waals surface area contributed by atoms with Crippen LogP contribution in [0.2, 0.25) is 0 Å². The number of oxime groups is 1. The number of ether oxygens (including phenoxy) is 1. The van der Waals surface area contributed by atoms with Crippen LogP contribution in [0.3, 0.4) is 0 Å². The Kier molecular flexibility index (Phi) is 4.32. The van der Waals surface area contributed by atoms with E-state index in [0.717, 1.165) is 37.0 Å². The molecule has 0 spiro atoms. The Morgan fingerprint density at radius 3 is 2.83 bits per heavy atom. The van der Waals surface area contributed by atoms with Crippen LogP contribution in [-0.2, 0) is 11.3 Å². The zero-order valence-corrected chi connectivity index (χ0v) is 10.2. The third-order valence-corrected chi connectivity index (χ3v) is 3.19. The summed E-state index contributed by atoms with van der Waals surface area (Å²) in [7, 11) is 0. The summed E-state index contributed by atoms with van der Waals surface area (Å²) in [6.45, 7) is 0.534. The number of nitrogens with zero attached hydrogens (tertiary/aromatic N) is 2. The second kappa shape index (κ2) is 6.18. The van der Waals surface area contributed by atoms with Crippen LogP contribution in [0.4, 0.5) is 0 Å². The molecule has 0 bridgehead atoms. The van der Waals surface area contributed by atoms with Gasteiger partial charge in [0, 0.05) is 0 Å². The van der Waals surface area contributed by atoms with Crippen molar-refractivity contribution in [2.24, 2.45) is 5.16 Å². The number of hydrogen-bond donors (Lipinski definition) is 1. The van der Waals surface area contributed by atoms with Crippen LogP contribution in [0.25, 0.3) is 0 Å². The number of benzene rings is 1. The highest BCUT2D eigenvalue weighted by atomic mass is 16.5. The summed E-state index contributed by atoms with van der Waals surface area (Å²) in [4.78, 5) is 0. The van der Waals surface area contributed by atoms with E-state index in [2.05, 4.69) is 11.2 Å². The number of hydrogen-bond acceptors (Lipinski definition) is 4. The van der Waals surface area contributed by atoms with Gasteiger partial charge in [0.05, 0.1) is 30.1 Å². The molecule has 2 rings (SSSR count). The smallest absolute Gasteiger partial charge is 0.0991 e. The molecule has 1 aliphatic rings. The first-order valence-corrected chi connectivity index (χ1v) is 6.12. The first-order chi connectivity index (χ1) is 8.81. The van der Waals surface area contributed by atoms with E-state index in [1.807, 2.05) is 18.2 Å². The fourth-order valence-corrected chi connectivity index (χ4v) is 2.14. The van der Waals surface area contributed by atoms with Crippen LogP contribution >= 0.6 is 0 Å². The minimum Gasteiger partial charge on any atom is -0.411 e. The molecule has 0 aromatic heterocycles. The maximum atomic E-state index is 8.81. The predicted molar refractivity (Wildman–Crippen MR) is 67.4 cm³/mol. The van der Waals surface area contributed by atoms with E-state index in [1.54, 1.807) is 6.07 Å². The molecule has 0 atom stereocenters. The van der Waals surface area contributed by atoms with E-state index in [1.165, 1.54) is 0 Å². The van der Waals surface area contributed by atoms with Crippen molar-refractivity contribution in [2.45, 2.75) is 38.4 Å². The van der Waals surface area contributed by atoms with Gasteiger partial charge >= 0.3 is 0 Å². The van der Waals surface area contributed by atoms with E-state index < -0.39 is 0 Å². The molecular weight excluding hydrogens is 228 g/mol. The van der Waals surface area contributed by atoms with E-state index in [4.69, 9.17) is 15.2 Å². The molecule has 4 heteroatoms. The van der Waals surface area contributed by atoms with Crippen molar-refractivity contribution < 1.29 is 9.94 Å². The van der Waals surface area contributed by atoms with Gasteiger partial charge in [0.15, 0.2) is 0 Å². The minimum absolute atomic E-state index is 0.223. The lowest BCUT2D eigenvalue weighted by Gasteiger charge is -2.22. The third-order valence-electron chi connectivity index (χ3n) is 3.19. The molecule has 0 radical (unpaired) electrons. The van der Waals surface area contributed by atoms with Crippen molar-refractivity contribution in [1.29, 1.82) is 5.26 Å². The molecule has 0 aliphatic heterocycles. The second-order valence-corrected chi connectivity index (χ2v) is 4.49. The average Bonchev–Trinajstić information content (AvgIpc) is 2.46. The Morgan fingerprint density at radius 1 is 1.39 bits per heavy atom. The molecule has 4 nitrogen and oxygen atoms in total. The van der Waals surface area contributed by atoms with Crippen LogP contribution < -0.4 is 0 Å². The summed E-state index contributed by atoms with van der Waals surface area (Å²) >= 11 is 0. The van der Waals surface area contributed by atoms with Crippen LogP contribution in [0, 0.1) is 11.3 Å². The Bertz CT molecular complexity index is 467. The van der Waals surface area contributed by atoms with Crippen molar-refractivity contribution in [3.05, 3.63) is 35.4 Å². The maximum absolute atomic E-state index is 8.81. The summed E-state index contributed by atoms with van der Waals surface area (Å²) in [5, 5.41) is 20.7. The van der Waals surface area contributed by atoms with Gasteiger partial charge in [-0.3, -0.25) is 0 Å². The highest BCUT2D eigenvalue weighted by molar-refractivity contribution is 5.84. The first-order valence-electron chi connectivity index (χ1n) is 6.12. The maximum Gasteiger partial charge on any atom is 0.0991 e. The van der Waals surface area contributed by atoms with E-state index in [-0.39, 0.29) is 6.10 Å². The van der Waals surface area contributed by atoms with Gasteiger partial charge in [-0.1, -0.05) is 17.3 Å². The van der Waals surface area contributed by atoms with Crippen molar-refractivity contribution in [2.75, 3.05) is 0 Å². The lowest BCUT2D eigenvalue weighted by molar-refractivity contribution is 0.0277. The largest absolute Gasteiger partial charge is 0.411 e. The highest BCUT2D eigenvalue weighted by Crippen LogP contribution is 2.20. The first kappa shape index (κ1) is 12.6. The van der Waals surface area contributed by atoms with Crippen molar-refractivity contribution in [1.82, 2.24) is 0 Å². The summed E-state index contributed by atoms with van der Waals surface area (Å²) < 4.78 is 5.82. The standard InChI is InChI=1S/C14H16N2O2/c15-9-11-2-1-3-12(8-11)10-18-14-6-4-13(16-17)5-7-14/h1-3,8,14,17H,4-7,10H2. The molecule has 94 valence electrons. The molecule has 0 heterocycles. The highest BCUT2D eigenvalue weighted by Gasteiger charge is 2.18. The Hall–Kier alpha value is -1.86. The van der Waals surface area contributed by atoms with Crippen LogP contribution in [0.5, 0.6) is 0 Å². The summed E-state index contributed by atoms with van der Waals surface area (Å²) in [5.74, 6) is 0. The zero-order chi connectivity index (χ0) is 12.8. The molecule has 0 amide bonds. The van der Waals surface area contributed by atoms with Crippen LogP contribution in [0.1, 0.15) is 36.8 Å². The molecule has 1 fully saturated rings. The Morgan fingerprint density at radius 2 is 2.17 bits per heavy atom. The van der Waals surface area contributed by atoms with Gasteiger partial charge in [0.25, 0.3) is 0 Å². The molecule has 18 heavy (non-hydrogen) atoms. The lowest BCUT2D eigenvalue weighted by atomic mass is 9.96. The molecule has 0 unspecified atom stereocenters. The average molecular weight is 244 g/mol. The van der Waals surface area contributed by atoms with E-state index in [0.29, 0.717) is 12.2 Å². The quantitative estimate of drug-likeness (QED) is 0.656. The third kappa shape index (κ3) is 3.31. The molecular formula is C14H16N2O2. The zero-order valence-electron chi connectivity index (χ0n) is 10.2. The number of rotatable bonds is 3. The van der Waals surface area contributed by atoms with E-state index in [9.17, 15) is 0 Å². The topological polar surface area (TPSA) is 65.6 Å². The van der Waals surface area contributed by atoms with Gasteiger partial charge < -0.3 is 9.94 Å². The van der Waals surface area contributed by atoms with Gasteiger partial charge in [-0.15, -0.1) is 0 Å². The predicted octanol–water partition coefficient (Wildman–Crippen LogP) is 2.85. The van der Waals surface area contributed by atoms with Crippen LogP contribution in [0.15, 0.2) is 29.4 Å². The fraction of sp³-hybridized carbons (Fsp3) is 0.429. The molecule has 1 aromatic rings. The SMILES string of the molecule is N#Cc1cccc(COC2CCC(=NO)CC2)c1. The Balaban J connectivity index is 1.83. The molecule has 1 saturated carbocycles. The van der Waals surface area contributed by atoms with Gasteiger partial charge in [0.1, 0.15) is 0 Å². The lowest BCUT2D eigenvalue weighted by Crippen LogP contribution is -2.21. The molecule has 1 aliphatic carbocycles. The van der Waals surface area contributed by atoms with Crippen molar-refractivity contribution in [3.63, 3.8) is 0 Å². The second-order valence-electron chi connectivity index (χ2n) is 4.49.